The summed E-state index contributed by atoms with van der Waals surface area (Å²) in [5, 5.41) is 23.8. The predicted octanol–water partition coefficient (Wildman–Crippen LogP) is 4.21. The summed E-state index contributed by atoms with van der Waals surface area (Å²) in [5.74, 6) is 1.33. The van der Waals surface area contributed by atoms with Crippen LogP contribution in [0.15, 0.2) is 78.9 Å². The van der Waals surface area contributed by atoms with Crippen LogP contribution < -0.4 is 20.1 Å². The lowest BCUT2D eigenvalue weighted by Gasteiger charge is -2.32. The average Bonchev–Trinajstić information content (AvgIpc) is 3.36. The Labute approximate surface area is 212 Å². The zero-order chi connectivity index (χ0) is 25.4. The Kier molecular flexibility index (Phi) is 8.70. The van der Waals surface area contributed by atoms with Crippen molar-refractivity contribution >= 4 is 12.7 Å². The van der Waals surface area contributed by atoms with Crippen LogP contribution in [0.1, 0.15) is 31.2 Å². The molecule has 1 saturated carbocycles. The van der Waals surface area contributed by atoms with Gasteiger partial charge < -0.3 is 29.9 Å². The van der Waals surface area contributed by atoms with Gasteiger partial charge in [-0.15, -0.1) is 0 Å². The molecule has 1 aliphatic rings. The third-order valence-electron chi connectivity index (χ3n) is 6.58. The van der Waals surface area contributed by atoms with Crippen molar-refractivity contribution in [3.63, 3.8) is 0 Å². The van der Waals surface area contributed by atoms with Crippen LogP contribution in [0, 0.1) is 0 Å². The van der Waals surface area contributed by atoms with Gasteiger partial charge in [-0.1, -0.05) is 43.2 Å². The van der Waals surface area contributed by atoms with Crippen LogP contribution in [0.3, 0.4) is 0 Å². The number of ether oxygens (including phenoxy) is 2. The van der Waals surface area contributed by atoms with Crippen molar-refractivity contribution in [2.24, 2.45) is 0 Å². The van der Waals surface area contributed by atoms with E-state index in [2.05, 4.69) is 5.32 Å². The average molecular weight is 512 g/mol. The highest BCUT2D eigenvalue weighted by atomic mass is 31.2. The maximum absolute atomic E-state index is 12.6. The highest BCUT2D eigenvalue weighted by molar-refractivity contribution is 7.65. The molecule has 0 heterocycles. The van der Waals surface area contributed by atoms with Gasteiger partial charge in [-0.3, -0.25) is 4.57 Å². The van der Waals surface area contributed by atoms with Gasteiger partial charge in [0, 0.05) is 17.4 Å². The van der Waals surface area contributed by atoms with Gasteiger partial charge in [0.05, 0.1) is 0 Å². The van der Waals surface area contributed by atoms with Gasteiger partial charge in [-0.2, -0.15) is 0 Å². The highest BCUT2D eigenvalue weighted by Crippen LogP contribution is 2.39. The molecule has 1 unspecified atom stereocenters. The van der Waals surface area contributed by atoms with Crippen LogP contribution in [0.4, 0.5) is 0 Å². The van der Waals surface area contributed by atoms with Gasteiger partial charge in [0.25, 0.3) is 7.37 Å². The Balaban J connectivity index is 1.28. The van der Waals surface area contributed by atoms with Crippen molar-refractivity contribution in [2.45, 2.75) is 43.7 Å². The first-order valence-electron chi connectivity index (χ1n) is 12.3. The van der Waals surface area contributed by atoms with Crippen LogP contribution in [0.5, 0.6) is 17.2 Å². The fraction of sp³-hybridized carbons (Fsp3) is 0.357. The maximum Gasteiger partial charge on any atom is 0.265 e. The minimum absolute atomic E-state index is 0.0873. The molecule has 192 valence electrons. The predicted molar refractivity (Wildman–Crippen MR) is 140 cm³/mol. The second kappa shape index (κ2) is 11.9. The quantitative estimate of drug-likeness (QED) is 0.270. The Morgan fingerprint density at radius 1 is 0.889 bits per heavy atom. The first-order chi connectivity index (χ1) is 17.3. The number of aromatic hydroxyl groups is 1. The van der Waals surface area contributed by atoms with E-state index in [4.69, 9.17) is 9.47 Å². The number of phenolic OH excluding ortho intramolecular Hbond substituents is 1. The summed E-state index contributed by atoms with van der Waals surface area (Å²) in [4.78, 5) is 10.3. The topological polar surface area (TPSA) is 108 Å². The van der Waals surface area contributed by atoms with Crippen LogP contribution >= 0.6 is 7.37 Å². The number of phenols is 1. The van der Waals surface area contributed by atoms with Crippen LogP contribution in [-0.2, 0) is 11.0 Å². The summed E-state index contributed by atoms with van der Waals surface area (Å²) in [5.41, 5.74) is 1.05. The number of nitrogens with one attached hydrogen (secondary N) is 1. The Morgan fingerprint density at radius 2 is 1.50 bits per heavy atom. The Hall–Kier alpha value is -2.83. The van der Waals surface area contributed by atoms with Crippen LogP contribution in [0.2, 0.25) is 0 Å². The molecule has 0 saturated heterocycles. The summed E-state index contributed by atoms with van der Waals surface area (Å²) < 4.78 is 23.8. The normalized spacial score (nSPS) is 17.3. The first kappa shape index (κ1) is 26.2. The molecule has 1 fully saturated rings. The third-order valence-corrected chi connectivity index (χ3v) is 8.17. The molecule has 3 aromatic rings. The number of aliphatic hydroxyl groups excluding tert-OH is 1. The molecule has 0 radical (unpaired) electrons. The second-order valence-corrected chi connectivity index (χ2v) is 11.6. The smallest absolute Gasteiger partial charge is 0.265 e. The van der Waals surface area contributed by atoms with E-state index >= 15 is 0 Å². The SMILES string of the molecule is O=P(O)(COc1ccc(CC2(NC[C@H](O)COc3ccc(O)cc3)CCCC2)cc1)c1ccccc1. The summed E-state index contributed by atoms with van der Waals surface area (Å²) in [6.07, 6.45) is 4.22. The molecule has 2 atom stereocenters. The van der Waals surface area contributed by atoms with E-state index in [9.17, 15) is 19.7 Å². The van der Waals surface area contributed by atoms with Crippen LogP contribution in [-0.4, -0.2) is 46.2 Å². The minimum atomic E-state index is -3.58. The summed E-state index contributed by atoms with van der Waals surface area (Å²) in [6, 6.07) is 22.7. The highest BCUT2D eigenvalue weighted by Gasteiger charge is 2.34. The van der Waals surface area contributed by atoms with E-state index in [1.807, 2.05) is 24.3 Å². The number of hydrogen-bond donors (Lipinski definition) is 4. The molecule has 4 rings (SSSR count). The van der Waals surface area contributed by atoms with E-state index in [0.717, 1.165) is 37.7 Å². The molecule has 0 aromatic heterocycles. The standard InChI is InChI=1S/C28H34NO6P/c30-23-10-14-25(15-11-23)34-20-24(31)19-29-28(16-4-5-17-28)18-22-8-12-26(13-9-22)35-21-36(32,33)27-6-2-1-3-7-27/h1-3,6-15,24,29-31H,4-5,16-21H2,(H,32,33)/t24-/m0/s1. The lowest BCUT2D eigenvalue weighted by atomic mass is 9.89. The van der Waals surface area contributed by atoms with Gasteiger partial charge in [-0.25, -0.2) is 0 Å². The molecule has 0 bridgehead atoms. The Morgan fingerprint density at radius 3 is 2.17 bits per heavy atom. The van der Waals surface area contributed by atoms with Gasteiger partial charge in [0.1, 0.15) is 30.0 Å². The van der Waals surface area contributed by atoms with Gasteiger partial charge in [0.2, 0.25) is 0 Å². The molecule has 7 nitrogen and oxygen atoms in total. The minimum Gasteiger partial charge on any atom is -0.508 e. The summed E-state index contributed by atoms with van der Waals surface area (Å²) >= 11 is 0. The van der Waals surface area contributed by atoms with E-state index in [1.54, 1.807) is 54.6 Å². The molecule has 3 aromatic carbocycles. The third kappa shape index (κ3) is 7.34. The molecule has 8 heteroatoms. The zero-order valence-corrected chi connectivity index (χ0v) is 21.1. The number of β-amino-alcohol motifs (C(OH)–C–C–N with tert-alkyl or cyclic N) is 1. The van der Waals surface area contributed by atoms with Crippen molar-refractivity contribution in [3.05, 3.63) is 84.4 Å². The van der Waals surface area contributed by atoms with Crippen molar-refractivity contribution in [1.29, 1.82) is 0 Å². The van der Waals surface area contributed by atoms with E-state index in [-0.39, 0.29) is 24.2 Å². The first-order valence-corrected chi connectivity index (χ1v) is 14.1. The number of hydrogen-bond acceptors (Lipinski definition) is 6. The van der Waals surface area contributed by atoms with Crippen molar-refractivity contribution < 1.29 is 29.1 Å². The second-order valence-electron chi connectivity index (χ2n) is 9.46. The molecule has 0 spiro atoms. The van der Waals surface area contributed by atoms with E-state index in [0.29, 0.717) is 23.3 Å². The number of benzene rings is 3. The monoisotopic (exact) mass is 511 g/mol. The summed E-state index contributed by atoms with van der Waals surface area (Å²) in [6.45, 7) is 0.585. The molecular weight excluding hydrogens is 477 g/mol. The van der Waals surface area contributed by atoms with Crippen molar-refractivity contribution in [1.82, 2.24) is 5.32 Å². The Bertz CT molecular complexity index is 1130. The van der Waals surface area contributed by atoms with E-state index < -0.39 is 13.5 Å². The number of rotatable bonds is 12. The number of aliphatic hydroxyl groups is 1. The maximum atomic E-state index is 12.6. The largest absolute Gasteiger partial charge is 0.508 e. The van der Waals surface area contributed by atoms with Crippen molar-refractivity contribution in [2.75, 3.05) is 19.5 Å². The van der Waals surface area contributed by atoms with Gasteiger partial charge in [0.15, 0.2) is 6.35 Å². The molecule has 36 heavy (non-hydrogen) atoms. The molecular formula is C28H34NO6P. The van der Waals surface area contributed by atoms with Crippen LogP contribution in [0.25, 0.3) is 0 Å². The lowest BCUT2D eigenvalue weighted by Crippen LogP contribution is -2.48. The lowest BCUT2D eigenvalue weighted by molar-refractivity contribution is 0.0963. The molecule has 0 aliphatic heterocycles. The van der Waals surface area contributed by atoms with E-state index in [1.165, 1.54) is 0 Å². The van der Waals surface area contributed by atoms with Crippen molar-refractivity contribution in [3.8, 4) is 17.2 Å². The zero-order valence-electron chi connectivity index (χ0n) is 20.3. The molecule has 4 N–H and O–H groups in total. The fourth-order valence-corrected chi connectivity index (χ4v) is 5.70. The van der Waals surface area contributed by atoms with Gasteiger partial charge >= 0.3 is 0 Å². The molecule has 1 aliphatic carbocycles. The summed E-state index contributed by atoms with van der Waals surface area (Å²) in [7, 11) is -3.58. The molecule has 0 amide bonds. The fourth-order valence-electron chi connectivity index (χ4n) is 4.59. The van der Waals surface area contributed by atoms with Gasteiger partial charge in [-0.05, 0) is 73.4 Å².